The molecule has 4 aliphatic rings. The molecule has 0 spiro atoms. The number of ether oxygens (including phenoxy) is 1. The monoisotopic (exact) mass is 292 g/mol. The van der Waals surface area contributed by atoms with E-state index in [0.717, 1.165) is 19.3 Å². The molecule has 5 nitrogen and oxygen atoms in total. The molecule has 7 heteroatoms. The molecule has 0 amide bonds. The molecule has 4 rings (SSSR count). The third kappa shape index (κ3) is 2.38. The van der Waals surface area contributed by atoms with E-state index in [0.29, 0.717) is 37.0 Å². The lowest BCUT2D eigenvalue weighted by Crippen LogP contribution is -2.53. The Hall–Kier alpha value is -0.690. The average molecular weight is 292 g/mol. The number of rotatable bonds is 3. The summed E-state index contributed by atoms with van der Waals surface area (Å²) in [6.45, 7) is 0. The Morgan fingerprint density at radius 2 is 1.58 bits per heavy atom. The van der Waals surface area contributed by atoms with E-state index in [4.69, 9.17) is 9.29 Å². The molecular weight excluding hydrogens is 275 g/mol. The fourth-order valence-electron chi connectivity index (χ4n) is 4.54. The van der Waals surface area contributed by atoms with Crippen LogP contribution >= 0.6 is 0 Å². The minimum Gasteiger partial charge on any atom is -0.456 e. The van der Waals surface area contributed by atoms with Crippen LogP contribution in [-0.4, -0.2) is 30.0 Å². The summed E-state index contributed by atoms with van der Waals surface area (Å²) in [5.74, 6) is 0.0398. The van der Waals surface area contributed by atoms with Gasteiger partial charge in [-0.05, 0) is 56.3 Å². The van der Waals surface area contributed by atoms with Gasteiger partial charge in [0, 0.05) is 0 Å². The largest absolute Gasteiger partial charge is 0.456 e. The van der Waals surface area contributed by atoms with E-state index < -0.39 is 27.2 Å². The predicted octanol–water partition coefficient (Wildman–Crippen LogP) is 1.68. The highest BCUT2D eigenvalue weighted by Crippen LogP contribution is 2.57. The maximum Gasteiger partial charge on any atom is 0.359 e. The molecule has 4 fully saturated rings. The SMILES string of the molecule is O=C(OC12CC3CC(CC(C3)C1)C2)C(F)S(=O)(=O)O. The quantitative estimate of drug-likeness (QED) is 0.632. The molecule has 0 aromatic carbocycles. The average Bonchev–Trinajstić information content (AvgIpc) is 2.23. The first-order valence-electron chi connectivity index (χ1n) is 6.61. The fourth-order valence-corrected chi connectivity index (χ4v) is 4.83. The number of hydrogen-bond donors (Lipinski definition) is 1. The molecule has 108 valence electrons. The normalized spacial score (nSPS) is 42.1. The summed E-state index contributed by atoms with van der Waals surface area (Å²) in [5.41, 5.74) is -3.68. The van der Waals surface area contributed by atoms with Crippen molar-refractivity contribution in [3.63, 3.8) is 0 Å². The highest BCUT2D eigenvalue weighted by Gasteiger charge is 2.54. The molecular formula is C12H17FO5S. The van der Waals surface area contributed by atoms with Gasteiger partial charge in [0.25, 0.3) is 0 Å². The van der Waals surface area contributed by atoms with Crippen LogP contribution in [0.25, 0.3) is 0 Å². The first-order valence-corrected chi connectivity index (χ1v) is 8.11. The molecule has 19 heavy (non-hydrogen) atoms. The Morgan fingerprint density at radius 1 is 1.16 bits per heavy atom. The fraction of sp³-hybridized carbons (Fsp3) is 0.917. The van der Waals surface area contributed by atoms with Crippen molar-refractivity contribution in [2.75, 3.05) is 0 Å². The van der Waals surface area contributed by atoms with E-state index in [9.17, 15) is 17.6 Å². The second-order valence-electron chi connectivity index (χ2n) is 6.35. The number of alkyl halides is 1. The van der Waals surface area contributed by atoms with Crippen LogP contribution in [0, 0.1) is 17.8 Å². The van der Waals surface area contributed by atoms with Gasteiger partial charge in [-0.25, -0.2) is 9.18 Å². The summed E-state index contributed by atoms with van der Waals surface area (Å²) in [4.78, 5) is 11.5. The van der Waals surface area contributed by atoms with Gasteiger partial charge in [-0.15, -0.1) is 0 Å². The van der Waals surface area contributed by atoms with Gasteiger partial charge < -0.3 is 4.74 Å². The molecule has 0 aromatic rings. The second kappa shape index (κ2) is 4.15. The van der Waals surface area contributed by atoms with Crippen LogP contribution in [0.1, 0.15) is 38.5 Å². The minimum absolute atomic E-state index is 0.503. The van der Waals surface area contributed by atoms with E-state index in [1.165, 1.54) is 0 Å². The lowest BCUT2D eigenvalue weighted by atomic mass is 9.54. The lowest BCUT2D eigenvalue weighted by molar-refractivity contribution is -0.189. The van der Waals surface area contributed by atoms with E-state index in [2.05, 4.69) is 0 Å². The molecule has 4 bridgehead atoms. The van der Waals surface area contributed by atoms with Gasteiger partial charge in [-0.2, -0.15) is 8.42 Å². The van der Waals surface area contributed by atoms with Gasteiger partial charge in [0.2, 0.25) is 0 Å². The lowest BCUT2D eigenvalue weighted by Gasteiger charge is -2.55. The number of esters is 1. The van der Waals surface area contributed by atoms with Crippen molar-refractivity contribution in [2.24, 2.45) is 17.8 Å². The van der Waals surface area contributed by atoms with Crippen molar-refractivity contribution in [3.05, 3.63) is 0 Å². The molecule has 0 aromatic heterocycles. The van der Waals surface area contributed by atoms with Gasteiger partial charge in [0.1, 0.15) is 5.60 Å². The first-order chi connectivity index (χ1) is 8.77. The Balaban J connectivity index is 1.75. The molecule has 0 saturated heterocycles. The Labute approximate surface area is 111 Å². The van der Waals surface area contributed by atoms with Crippen LogP contribution in [0.2, 0.25) is 0 Å². The molecule has 1 atom stereocenters. The number of carbonyl (C=O) groups is 1. The Morgan fingerprint density at radius 3 is 1.95 bits per heavy atom. The summed E-state index contributed by atoms with van der Waals surface area (Å²) >= 11 is 0. The zero-order chi connectivity index (χ0) is 13.8. The number of halogens is 1. The maximum absolute atomic E-state index is 13.3. The van der Waals surface area contributed by atoms with Crippen LogP contribution in [-0.2, 0) is 19.6 Å². The van der Waals surface area contributed by atoms with Crippen molar-refractivity contribution in [1.82, 2.24) is 0 Å². The maximum atomic E-state index is 13.3. The van der Waals surface area contributed by atoms with Crippen molar-refractivity contribution in [2.45, 2.75) is 49.6 Å². The molecule has 1 N–H and O–H groups in total. The molecule has 4 aliphatic carbocycles. The molecule has 1 unspecified atom stereocenters. The first kappa shape index (κ1) is 13.3. The van der Waals surface area contributed by atoms with E-state index in [1.54, 1.807) is 0 Å². The van der Waals surface area contributed by atoms with Crippen molar-refractivity contribution in [3.8, 4) is 0 Å². The molecule has 4 saturated carbocycles. The van der Waals surface area contributed by atoms with Crippen LogP contribution < -0.4 is 0 Å². The van der Waals surface area contributed by atoms with Crippen molar-refractivity contribution < 1.29 is 26.9 Å². The van der Waals surface area contributed by atoms with E-state index in [-0.39, 0.29) is 0 Å². The van der Waals surface area contributed by atoms with E-state index >= 15 is 0 Å². The Bertz CT molecular complexity index is 465. The van der Waals surface area contributed by atoms with Gasteiger partial charge >= 0.3 is 21.6 Å². The van der Waals surface area contributed by atoms with Crippen molar-refractivity contribution in [1.29, 1.82) is 0 Å². The van der Waals surface area contributed by atoms with E-state index in [1.807, 2.05) is 0 Å². The molecule has 0 radical (unpaired) electrons. The standard InChI is InChI=1S/C12H17FO5S/c13-10(19(15,16)17)11(14)18-12-4-7-1-8(5-12)3-9(2-7)6-12/h7-10H,1-6H2,(H,15,16,17). The van der Waals surface area contributed by atoms with Crippen molar-refractivity contribution >= 4 is 16.1 Å². The van der Waals surface area contributed by atoms with Gasteiger partial charge in [-0.1, -0.05) is 0 Å². The molecule has 0 heterocycles. The highest BCUT2D eigenvalue weighted by molar-refractivity contribution is 7.87. The topological polar surface area (TPSA) is 80.7 Å². The summed E-state index contributed by atoms with van der Waals surface area (Å²) in [6, 6.07) is 0. The zero-order valence-corrected chi connectivity index (χ0v) is 11.2. The Kier molecular flexibility index (Phi) is 2.91. The smallest absolute Gasteiger partial charge is 0.359 e. The predicted molar refractivity (Wildman–Crippen MR) is 63.4 cm³/mol. The summed E-state index contributed by atoms with van der Waals surface area (Å²) in [5, 5.41) is 0. The minimum atomic E-state index is -5.03. The zero-order valence-electron chi connectivity index (χ0n) is 10.4. The summed E-state index contributed by atoms with van der Waals surface area (Å²) < 4.78 is 48.3. The number of carbonyl (C=O) groups excluding carboxylic acids is 1. The van der Waals surface area contributed by atoms with Crippen LogP contribution in [0.15, 0.2) is 0 Å². The summed E-state index contributed by atoms with van der Waals surface area (Å²) in [7, 11) is -5.03. The van der Waals surface area contributed by atoms with Gasteiger partial charge in [0.05, 0.1) is 0 Å². The third-order valence-corrected chi connectivity index (χ3v) is 5.46. The molecule has 0 aliphatic heterocycles. The van der Waals surface area contributed by atoms with Gasteiger partial charge in [0.15, 0.2) is 0 Å². The van der Waals surface area contributed by atoms with Crippen LogP contribution in [0.3, 0.4) is 0 Å². The van der Waals surface area contributed by atoms with Crippen LogP contribution in [0.5, 0.6) is 0 Å². The highest BCUT2D eigenvalue weighted by atomic mass is 32.2. The van der Waals surface area contributed by atoms with Gasteiger partial charge in [-0.3, -0.25) is 4.55 Å². The number of hydrogen-bond acceptors (Lipinski definition) is 4. The third-order valence-electron chi connectivity index (χ3n) is 4.75. The van der Waals surface area contributed by atoms with Crippen LogP contribution in [0.4, 0.5) is 4.39 Å². The summed E-state index contributed by atoms with van der Waals surface area (Å²) in [6.07, 6.45) is 5.49. The second-order valence-corrected chi connectivity index (χ2v) is 7.80.